The number of hydrogen-bond acceptors (Lipinski definition) is 9. The minimum absolute atomic E-state index is 0.0397. The number of rotatable bonds is 7. The average molecular weight is 529 g/mol. The molecule has 0 saturated carbocycles. The molecule has 0 bridgehead atoms. The lowest BCUT2D eigenvalue weighted by Gasteiger charge is -2.35. The summed E-state index contributed by atoms with van der Waals surface area (Å²) < 4.78 is 16.9. The fraction of sp³-hybridized carbons (Fsp3) is 0.296. The second-order valence-corrected chi connectivity index (χ2v) is 9.81. The standard InChI is InChI=1S/C27H29FN10O/c1-27(29,21-2-4-23(28)5-3-21)22-14-30-26(31-15-22)36-8-6-35(7-9-36)25-24-12-19(17-38(24)34-18-32-25)20-13-33-37(16-20)10-11-39/h2-5,12-18,39H,6-11,29H2,1H3/t27-/m0/s1. The Kier molecular flexibility index (Phi) is 6.41. The number of aliphatic hydroxyl groups excluding tert-OH is 1. The van der Waals surface area contributed by atoms with E-state index in [1.165, 1.54) is 12.1 Å². The quantitative estimate of drug-likeness (QED) is 0.326. The fourth-order valence-corrected chi connectivity index (χ4v) is 4.89. The summed E-state index contributed by atoms with van der Waals surface area (Å²) in [5, 5.41) is 17.9. The van der Waals surface area contributed by atoms with Gasteiger partial charge in [-0.25, -0.2) is 23.9 Å². The van der Waals surface area contributed by atoms with E-state index in [2.05, 4.69) is 41.0 Å². The van der Waals surface area contributed by atoms with Crippen LogP contribution in [0.15, 0.2) is 67.6 Å². The van der Waals surface area contributed by atoms with Crippen LogP contribution in [0.4, 0.5) is 16.2 Å². The van der Waals surface area contributed by atoms with Crippen molar-refractivity contribution in [2.24, 2.45) is 5.73 Å². The first-order valence-corrected chi connectivity index (χ1v) is 12.8. The molecule has 4 aromatic heterocycles. The van der Waals surface area contributed by atoms with Crippen molar-refractivity contribution in [2.75, 3.05) is 42.6 Å². The number of nitrogens with two attached hydrogens (primary N) is 1. The third-order valence-corrected chi connectivity index (χ3v) is 7.23. The molecule has 3 N–H and O–H groups in total. The summed E-state index contributed by atoms with van der Waals surface area (Å²) in [6, 6.07) is 8.24. The van der Waals surface area contributed by atoms with Crippen molar-refractivity contribution in [3.63, 3.8) is 0 Å². The molecule has 6 rings (SSSR count). The Bertz CT molecular complexity index is 1570. The van der Waals surface area contributed by atoms with Gasteiger partial charge in [-0.15, -0.1) is 0 Å². The SMILES string of the molecule is C[C@](N)(c1ccc(F)cc1)c1cnc(N2CCN(c3ncnn4cc(-c5cnn(CCO)c5)cc34)CC2)nc1. The molecule has 5 aromatic rings. The van der Waals surface area contributed by atoms with Gasteiger partial charge in [-0.1, -0.05) is 12.1 Å². The van der Waals surface area contributed by atoms with E-state index in [0.717, 1.165) is 59.8 Å². The number of hydrogen-bond donors (Lipinski definition) is 2. The third-order valence-electron chi connectivity index (χ3n) is 7.23. The van der Waals surface area contributed by atoms with Gasteiger partial charge in [-0.05, 0) is 30.7 Å². The number of aliphatic hydroxyl groups is 1. The van der Waals surface area contributed by atoms with E-state index in [-0.39, 0.29) is 12.4 Å². The summed E-state index contributed by atoms with van der Waals surface area (Å²) >= 11 is 0. The van der Waals surface area contributed by atoms with Gasteiger partial charge in [0.1, 0.15) is 17.7 Å². The Balaban J connectivity index is 1.15. The Morgan fingerprint density at radius 3 is 2.33 bits per heavy atom. The molecular weight excluding hydrogens is 499 g/mol. The highest BCUT2D eigenvalue weighted by molar-refractivity contribution is 5.77. The van der Waals surface area contributed by atoms with E-state index in [1.807, 2.05) is 23.8 Å². The van der Waals surface area contributed by atoms with Gasteiger partial charge in [0.05, 0.1) is 24.9 Å². The third kappa shape index (κ3) is 4.79. The first-order valence-electron chi connectivity index (χ1n) is 12.8. The molecule has 200 valence electrons. The van der Waals surface area contributed by atoms with Gasteiger partial charge in [-0.2, -0.15) is 10.2 Å². The van der Waals surface area contributed by atoms with Crippen LogP contribution in [0.5, 0.6) is 0 Å². The lowest BCUT2D eigenvalue weighted by molar-refractivity contribution is 0.269. The maximum Gasteiger partial charge on any atom is 0.225 e. The Labute approximate surface area is 224 Å². The van der Waals surface area contributed by atoms with Crippen LogP contribution in [0.3, 0.4) is 0 Å². The minimum atomic E-state index is -0.836. The van der Waals surface area contributed by atoms with E-state index >= 15 is 0 Å². The lowest BCUT2D eigenvalue weighted by atomic mass is 9.87. The normalized spacial score (nSPS) is 15.6. The predicted octanol–water partition coefficient (Wildman–Crippen LogP) is 2.06. The molecule has 11 nitrogen and oxygen atoms in total. The van der Waals surface area contributed by atoms with Crippen molar-refractivity contribution in [1.82, 2.24) is 34.3 Å². The van der Waals surface area contributed by atoms with Crippen LogP contribution in [-0.2, 0) is 12.1 Å². The van der Waals surface area contributed by atoms with Gasteiger partial charge in [0.25, 0.3) is 0 Å². The molecule has 1 fully saturated rings. The molecular formula is C27H29FN10O. The van der Waals surface area contributed by atoms with Crippen molar-refractivity contribution < 1.29 is 9.50 Å². The Morgan fingerprint density at radius 2 is 1.62 bits per heavy atom. The zero-order valence-corrected chi connectivity index (χ0v) is 21.5. The van der Waals surface area contributed by atoms with Crippen LogP contribution >= 0.6 is 0 Å². The van der Waals surface area contributed by atoms with Crippen LogP contribution in [0.2, 0.25) is 0 Å². The van der Waals surface area contributed by atoms with Crippen LogP contribution < -0.4 is 15.5 Å². The van der Waals surface area contributed by atoms with Crippen LogP contribution in [0.1, 0.15) is 18.1 Å². The largest absolute Gasteiger partial charge is 0.394 e. The van der Waals surface area contributed by atoms with Crippen molar-refractivity contribution in [3.8, 4) is 11.1 Å². The van der Waals surface area contributed by atoms with Crippen molar-refractivity contribution in [2.45, 2.75) is 19.0 Å². The van der Waals surface area contributed by atoms with E-state index in [1.54, 1.807) is 41.7 Å². The minimum Gasteiger partial charge on any atom is -0.394 e. The fourth-order valence-electron chi connectivity index (χ4n) is 4.89. The molecule has 1 aromatic carbocycles. The monoisotopic (exact) mass is 528 g/mol. The summed E-state index contributed by atoms with van der Waals surface area (Å²) in [6.07, 6.45) is 10.7. The maximum absolute atomic E-state index is 13.4. The highest BCUT2D eigenvalue weighted by Crippen LogP contribution is 2.29. The molecule has 0 unspecified atom stereocenters. The van der Waals surface area contributed by atoms with Crippen LogP contribution in [-0.4, -0.2) is 72.2 Å². The maximum atomic E-state index is 13.4. The van der Waals surface area contributed by atoms with Crippen molar-refractivity contribution in [1.29, 1.82) is 0 Å². The Morgan fingerprint density at radius 1 is 0.897 bits per heavy atom. The number of benzene rings is 1. The second-order valence-electron chi connectivity index (χ2n) is 9.81. The van der Waals surface area contributed by atoms with E-state index < -0.39 is 5.54 Å². The van der Waals surface area contributed by atoms with Crippen LogP contribution in [0, 0.1) is 5.82 Å². The zero-order valence-electron chi connectivity index (χ0n) is 21.5. The summed E-state index contributed by atoms with van der Waals surface area (Å²) in [5.41, 5.74) is 10.1. The smallest absolute Gasteiger partial charge is 0.225 e. The first-order chi connectivity index (χ1) is 18.9. The summed E-state index contributed by atoms with van der Waals surface area (Å²) in [6.45, 7) is 5.32. The molecule has 0 spiro atoms. The number of fused-ring (bicyclic) bond motifs is 1. The molecule has 39 heavy (non-hydrogen) atoms. The van der Waals surface area contributed by atoms with Crippen molar-refractivity contribution >= 4 is 17.3 Å². The highest BCUT2D eigenvalue weighted by atomic mass is 19.1. The topological polar surface area (TPSA) is 127 Å². The molecule has 1 aliphatic rings. The highest BCUT2D eigenvalue weighted by Gasteiger charge is 2.26. The van der Waals surface area contributed by atoms with Gasteiger partial charge >= 0.3 is 0 Å². The average Bonchev–Trinajstić information content (AvgIpc) is 3.61. The van der Waals surface area contributed by atoms with E-state index in [0.29, 0.717) is 12.5 Å². The van der Waals surface area contributed by atoms with Gasteiger partial charge in [0.2, 0.25) is 5.95 Å². The lowest BCUT2D eigenvalue weighted by Crippen LogP contribution is -2.47. The number of halogens is 1. The van der Waals surface area contributed by atoms with E-state index in [4.69, 9.17) is 10.8 Å². The molecule has 1 saturated heterocycles. The van der Waals surface area contributed by atoms with E-state index in [9.17, 15) is 4.39 Å². The molecule has 5 heterocycles. The molecule has 0 radical (unpaired) electrons. The molecule has 1 aliphatic heterocycles. The summed E-state index contributed by atoms with van der Waals surface area (Å²) in [5.74, 6) is 1.21. The first kappa shape index (κ1) is 24.9. The Hall–Kier alpha value is -4.42. The summed E-state index contributed by atoms with van der Waals surface area (Å²) in [7, 11) is 0. The van der Waals surface area contributed by atoms with Gasteiger partial charge < -0.3 is 20.6 Å². The van der Waals surface area contributed by atoms with Crippen LogP contribution in [0.25, 0.3) is 16.6 Å². The predicted molar refractivity (Wildman–Crippen MR) is 145 cm³/mol. The molecule has 1 atom stereocenters. The second kappa shape index (κ2) is 10.0. The molecule has 12 heteroatoms. The summed E-state index contributed by atoms with van der Waals surface area (Å²) in [4.78, 5) is 18.2. The molecule has 0 aliphatic carbocycles. The van der Waals surface area contributed by atoms with Gasteiger partial charge in [0, 0.05) is 67.7 Å². The number of anilines is 2. The zero-order chi connectivity index (χ0) is 27.0. The number of nitrogens with zero attached hydrogens (tertiary/aromatic N) is 9. The van der Waals surface area contributed by atoms with Crippen molar-refractivity contribution in [3.05, 3.63) is 84.6 Å². The number of piperazine rings is 1. The van der Waals surface area contributed by atoms with Gasteiger partial charge in [0.15, 0.2) is 5.82 Å². The van der Waals surface area contributed by atoms with Gasteiger partial charge in [-0.3, -0.25) is 4.68 Å². The number of aromatic nitrogens is 7. The molecule has 0 amide bonds.